The van der Waals surface area contributed by atoms with Crippen LogP contribution in [0.15, 0.2) is 24.3 Å². The number of hydrogen-bond donors (Lipinski definition) is 6. The monoisotopic (exact) mass is 1220 g/mol. The summed E-state index contributed by atoms with van der Waals surface area (Å²) in [6, 6.07) is -0.806. The van der Waals surface area contributed by atoms with Crippen molar-refractivity contribution < 1.29 is 49.3 Å². The molecule has 508 valence electrons. The molecule has 1 amide bonds. The highest BCUT2D eigenvalue weighted by Gasteiger charge is 2.44. The lowest BCUT2D eigenvalue weighted by atomic mass is 9.99. The zero-order valence-corrected chi connectivity index (χ0v) is 56.6. The van der Waals surface area contributed by atoms with Gasteiger partial charge in [0.15, 0.2) is 6.29 Å². The number of ether oxygens (including phenoxy) is 3. The number of allylic oxidation sites excluding steroid dienone is 3. The van der Waals surface area contributed by atoms with E-state index in [-0.39, 0.29) is 18.5 Å². The van der Waals surface area contributed by atoms with Crippen LogP contribution in [-0.2, 0) is 23.8 Å². The average Bonchev–Trinajstić information content (AvgIpc) is 3.02. The predicted molar refractivity (Wildman–Crippen MR) is 361 cm³/mol. The molecule has 0 bridgehead atoms. The Bertz CT molecular complexity index is 1480. The summed E-state index contributed by atoms with van der Waals surface area (Å²) in [6.45, 7) is 4.36. The normalized spacial score (nSPS) is 18.0. The van der Waals surface area contributed by atoms with E-state index in [0.717, 1.165) is 51.4 Å². The van der Waals surface area contributed by atoms with Crippen molar-refractivity contribution in [2.45, 2.75) is 423 Å². The van der Waals surface area contributed by atoms with E-state index >= 15 is 0 Å². The standard InChI is InChI=1S/C75H143NO10/c1-3-5-7-9-11-13-14-15-16-37-40-43-47-51-55-59-63-71(80)84-64-60-56-52-48-44-41-38-35-33-31-29-27-25-23-21-19-17-18-20-22-24-26-28-30-32-34-36-39-42-46-50-54-58-62-70(79)76-67(68(78)61-57-53-49-45-12-10-8-6-4-2)66-85-75-74(83)73(82)72(81)69(65-77)86-75/h21,23,57,61,67-69,72-75,77-78,81-83H,3-20,22,24-56,58-60,62-66H2,1-2H3,(H,76,79)/b23-21-,61-57+. The average molecular weight is 1220 g/mol. The second kappa shape index (κ2) is 64.7. The first-order chi connectivity index (χ1) is 42.2. The molecule has 0 aromatic carbocycles. The summed E-state index contributed by atoms with van der Waals surface area (Å²) in [5, 5.41) is 54.3. The largest absolute Gasteiger partial charge is 0.466 e. The van der Waals surface area contributed by atoms with Gasteiger partial charge in [-0.1, -0.05) is 334 Å². The molecule has 11 nitrogen and oxygen atoms in total. The Balaban J connectivity index is 1.88. The molecule has 0 aromatic heterocycles. The molecule has 0 spiro atoms. The summed E-state index contributed by atoms with van der Waals surface area (Å²) in [6.07, 6.45) is 72.1. The van der Waals surface area contributed by atoms with Gasteiger partial charge < -0.3 is 45.1 Å². The zero-order valence-electron chi connectivity index (χ0n) is 56.6. The van der Waals surface area contributed by atoms with Gasteiger partial charge in [-0.3, -0.25) is 9.59 Å². The van der Waals surface area contributed by atoms with Gasteiger partial charge in [-0.25, -0.2) is 0 Å². The molecule has 1 saturated heterocycles. The van der Waals surface area contributed by atoms with Gasteiger partial charge in [0.1, 0.15) is 24.4 Å². The van der Waals surface area contributed by atoms with Gasteiger partial charge >= 0.3 is 5.97 Å². The summed E-state index contributed by atoms with van der Waals surface area (Å²) in [5.41, 5.74) is 0. The molecule has 1 aliphatic rings. The maximum absolute atomic E-state index is 13.0. The highest BCUT2D eigenvalue weighted by molar-refractivity contribution is 5.76. The van der Waals surface area contributed by atoms with Crippen LogP contribution in [0.2, 0.25) is 0 Å². The lowest BCUT2D eigenvalue weighted by Gasteiger charge is -2.40. The van der Waals surface area contributed by atoms with Gasteiger partial charge in [0.25, 0.3) is 0 Å². The second-order valence-electron chi connectivity index (χ2n) is 26.4. The molecule has 7 atom stereocenters. The van der Waals surface area contributed by atoms with Crippen LogP contribution in [0.5, 0.6) is 0 Å². The number of amides is 1. The first-order valence-electron chi connectivity index (χ1n) is 37.6. The first kappa shape index (κ1) is 82.2. The van der Waals surface area contributed by atoms with Gasteiger partial charge in [-0.05, 0) is 57.8 Å². The smallest absolute Gasteiger partial charge is 0.305 e. The number of aliphatic hydroxyl groups excluding tert-OH is 5. The fourth-order valence-electron chi connectivity index (χ4n) is 12.1. The number of rotatable bonds is 67. The van der Waals surface area contributed by atoms with Crippen LogP contribution in [0.1, 0.15) is 380 Å². The Kier molecular flexibility index (Phi) is 61.8. The Morgan fingerprint density at radius 3 is 1.12 bits per heavy atom. The van der Waals surface area contributed by atoms with E-state index in [4.69, 9.17) is 14.2 Å². The molecule has 1 heterocycles. The molecule has 11 heteroatoms. The van der Waals surface area contributed by atoms with Crippen molar-refractivity contribution in [3.63, 3.8) is 0 Å². The molecule has 1 fully saturated rings. The number of unbranched alkanes of at least 4 members (excludes halogenated alkanes) is 51. The molecule has 0 aliphatic carbocycles. The minimum Gasteiger partial charge on any atom is -0.466 e. The molecule has 1 rings (SSSR count). The summed E-state index contributed by atoms with van der Waals surface area (Å²) in [5.74, 6) is -0.163. The fourth-order valence-corrected chi connectivity index (χ4v) is 12.1. The summed E-state index contributed by atoms with van der Waals surface area (Å²) in [4.78, 5) is 25.1. The van der Waals surface area contributed by atoms with E-state index in [9.17, 15) is 35.1 Å². The zero-order chi connectivity index (χ0) is 62.3. The SMILES string of the molecule is CCCCCCCCC/C=C/C(O)C(COC1OC(CO)C(O)C(O)C1O)NC(=O)CCCCCCCCCCCCCCCCCCC/C=C\CCCCCCCCCCCCCCOC(=O)CCCCCCCCCCCCCCCCCC. The highest BCUT2D eigenvalue weighted by Crippen LogP contribution is 2.24. The predicted octanol–water partition coefficient (Wildman–Crippen LogP) is 19.6. The third-order valence-electron chi connectivity index (χ3n) is 18.1. The minimum absolute atomic E-state index is 0.0156. The Hall–Kier alpha value is -1.86. The van der Waals surface area contributed by atoms with Crippen molar-refractivity contribution in [1.29, 1.82) is 0 Å². The molecular weight excluding hydrogens is 1070 g/mol. The molecule has 0 saturated carbocycles. The van der Waals surface area contributed by atoms with Crippen LogP contribution in [0.4, 0.5) is 0 Å². The van der Waals surface area contributed by atoms with Crippen LogP contribution in [0.3, 0.4) is 0 Å². The Labute approximate surface area is 531 Å². The number of hydrogen-bond acceptors (Lipinski definition) is 10. The number of carbonyl (C=O) groups excluding carboxylic acids is 2. The number of esters is 1. The maximum atomic E-state index is 13.0. The summed E-state index contributed by atoms with van der Waals surface area (Å²) < 4.78 is 16.7. The van der Waals surface area contributed by atoms with Crippen molar-refractivity contribution in [1.82, 2.24) is 5.32 Å². The van der Waals surface area contributed by atoms with Crippen molar-refractivity contribution >= 4 is 11.9 Å². The molecule has 0 radical (unpaired) electrons. The Morgan fingerprint density at radius 2 is 0.744 bits per heavy atom. The first-order valence-corrected chi connectivity index (χ1v) is 37.6. The summed E-state index contributed by atoms with van der Waals surface area (Å²) in [7, 11) is 0. The van der Waals surface area contributed by atoms with Crippen LogP contribution < -0.4 is 5.32 Å². The van der Waals surface area contributed by atoms with Crippen molar-refractivity contribution in [2.75, 3.05) is 19.8 Å². The van der Waals surface area contributed by atoms with E-state index in [1.165, 1.54) is 302 Å². The third kappa shape index (κ3) is 52.9. The molecule has 1 aliphatic heterocycles. The van der Waals surface area contributed by atoms with E-state index in [1.54, 1.807) is 6.08 Å². The third-order valence-corrected chi connectivity index (χ3v) is 18.1. The van der Waals surface area contributed by atoms with Crippen LogP contribution in [0.25, 0.3) is 0 Å². The Morgan fingerprint density at radius 1 is 0.419 bits per heavy atom. The van der Waals surface area contributed by atoms with Gasteiger partial charge in [-0.2, -0.15) is 0 Å². The van der Waals surface area contributed by atoms with Gasteiger partial charge in [-0.15, -0.1) is 0 Å². The van der Waals surface area contributed by atoms with Gasteiger partial charge in [0.05, 0.1) is 32.0 Å². The van der Waals surface area contributed by atoms with Crippen molar-refractivity contribution in [3.05, 3.63) is 24.3 Å². The van der Waals surface area contributed by atoms with Crippen molar-refractivity contribution in [3.8, 4) is 0 Å². The van der Waals surface area contributed by atoms with E-state index in [0.29, 0.717) is 19.4 Å². The van der Waals surface area contributed by atoms with Gasteiger partial charge in [0.2, 0.25) is 5.91 Å². The van der Waals surface area contributed by atoms with E-state index in [1.807, 2.05) is 6.08 Å². The topological polar surface area (TPSA) is 175 Å². The van der Waals surface area contributed by atoms with Crippen LogP contribution >= 0.6 is 0 Å². The van der Waals surface area contributed by atoms with Crippen LogP contribution in [0, 0.1) is 0 Å². The second-order valence-corrected chi connectivity index (χ2v) is 26.4. The molecule has 6 N–H and O–H groups in total. The number of carbonyl (C=O) groups is 2. The molecule has 0 aromatic rings. The minimum atomic E-state index is -1.57. The molecule has 86 heavy (non-hydrogen) atoms. The van der Waals surface area contributed by atoms with Crippen molar-refractivity contribution in [2.24, 2.45) is 0 Å². The lowest BCUT2D eigenvalue weighted by molar-refractivity contribution is -0.302. The molecule has 7 unspecified atom stereocenters. The lowest BCUT2D eigenvalue weighted by Crippen LogP contribution is -2.60. The highest BCUT2D eigenvalue weighted by atomic mass is 16.7. The summed E-state index contributed by atoms with van der Waals surface area (Å²) >= 11 is 0. The maximum Gasteiger partial charge on any atom is 0.305 e. The quantitative estimate of drug-likeness (QED) is 0.0195. The van der Waals surface area contributed by atoms with Crippen LogP contribution in [-0.4, -0.2) is 100 Å². The van der Waals surface area contributed by atoms with E-state index in [2.05, 4.69) is 31.3 Å². The number of nitrogens with one attached hydrogen (secondary N) is 1. The van der Waals surface area contributed by atoms with Gasteiger partial charge in [0, 0.05) is 12.8 Å². The molecular formula is C75H143NO10. The number of aliphatic hydroxyl groups is 5. The fraction of sp³-hybridized carbons (Fsp3) is 0.920. The van der Waals surface area contributed by atoms with E-state index < -0.39 is 49.5 Å².